The van der Waals surface area contributed by atoms with Crippen LogP contribution in [0.25, 0.3) is 0 Å². The lowest BCUT2D eigenvalue weighted by Gasteiger charge is -2.17. The predicted octanol–water partition coefficient (Wildman–Crippen LogP) is 5.32. The molecular formula is C21H24N4. The van der Waals surface area contributed by atoms with Gasteiger partial charge in [0.25, 0.3) is 0 Å². The van der Waals surface area contributed by atoms with Crippen LogP contribution >= 0.6 is 0 Å². The van der Waals surface area contributed by atoms with Crippen LogP contribution < -0.4 is 10.6 Å². The highest BCUT2D eigenvalue weighted by Gasteiger charge is 2.09. The van der Waals surface area contributed by atoms with Crippen LogP contribution in [0, 0.1) is 20.8 Å². The molecule has 2 N–H and O–H groups in total. The molecule has 3 aromatic rings. The van der Waals surface area contributed by atoms with Gasteiger partial charge in [-0.05, 0) is 44.4 Å². The minimum Gasteiger partial charge on any atom is -0.363 e. The molecule has 1 aromatic heterocycles. The smallest absolute Gasteiger partial charge is 0.229 e. The molecule has 4 heteroatoms. The predicted molar refractivity (Wildman–Crippen MR) is 104 cm³/mol. The van der Waals surface area contributed by atoms with Gasteiger partial charge in [0.2, 0.25) is 5.95 Å². The molecule has 25 heavy (non-hydrogen) atoms. The van der Waals surface area contributed by atoms with Crippen LogP contribution in [0.3, 0.4) is 0 Å². The van der Waals surface area contributed by atoms with Gasteiger partial charge >= 0.3 is 0 Å². The van der Waals surface area contributed by atoms with E-state index < -0.39 is 0 Å². The average Bonchev–Trinajstić information content (AvgIpc) is 2.58. The highest BCUT2D eigenvalue weighted by molar-refractivity contribution is 5.63. The first kappa shape index (κ1) is 17.0. The summed E-state index contributed by atoms with van der Waals surface area (Å²) in [4.78, 5) is 9.17. The zero-order chi connectivity index (χ0) is 17.8. The van der Waals surface area contributed by atoms with Gasteiger partial charge in [0.15, 0.2) is 0 Å². The Morgan fingerprint density at radius 3 is 2.20 bits per heavy atom. The van der Waals surface area contributed by atoms with Gasteiger partial charge in [0.05, 0.1) is 0 Å². The summed E-state index contributed by atoms with van der Waals surface area (Å²) >= 11 is 0. The molecule has 1 unspecified atom stereocenters. The third-order valence-corrected chi connectivity index (χ3v) is 4.24. The number of aryl methyl sites for hydroxylation is 3. The molecule has 0 saturated carbocycles. The highest BCUT2D eigenvalue weighted by Crippen LogP contribution is 2.24. The quantitative estimate of drug-likeness (QED) is 0.664. The Morgan fingerprint density at radius 1 is 0.840 bits per heavy atom. The number of aromatic nitrogens is 2. The molecule has 0 aliphatic rings. The first-order chi connectivity index (χ1) is 12.0. The number of nitrogens with one attached hydrogen (secondary N) is 2. The van der Waals surface area contributed by atoms with Crippen LogP contribution in [0.4, 0.5) is 17.5 Å². The van der Waals surface area contributed by atoms with Gasteiger partial charge in [-0.2, -0.15) is 4.98 Å². The molecule has 0 fully saturated rings. The fraction of sp³-hybridized carbons (Fsp3) is 0.238. The Kier molecular flexibility index (Phi) is 4.98. The largest absolute Gasteiger partial charge is 0.363 e. The molecule has 3 rings (SSSR count). The fourth-order valence-corrected chi connectivity index (χ4v) is 2.87. The Morgan fingerprint density at radius 2 is 1.52 bits per heavy atom. The molecule has 0 bridgehead atoms. The van der Waals surface area contributed by atoms with Gasteiger partial charge in [-0.15, -0.1) is 0 Å². The van der Waals surface area contributed by atoms with Crippen LogP contribution in [-0.4, -0.2) is 9.97 Å². The molecule has 128 valence electrons. The first-order valence-corrected chi connectivity index (χ1v) is 8.53. The van der Waals surface area contributed by atoms with E-state index in [4.69, 9.17) is 0 Å². The average molecular weight is 332 g/mol. The number of benzene rings is 2. The maximum Gasteiger partial charge on any atom is 0.229 e. The topological polar surface area (TPSA) is 49.8 Å². The summed E-state index contributed by atoms with van der Waals surface area (Å²) in [6, 6.07) is 18.7. The van der Waals surface area contributed by atoms with E-state index in [1.165, 1.54) is 16.7 Å². The number of anilines is 3. The number of hydrogen-bond acceptors (Lipinski definition) is 4. The summed E-state index contributed by atoms with van der Waals surface area (Å²) in [6.45, 7) is 8.28. The monoisotopic (exact) mass is 332 g/mol. The second-order valence-corrected chi connectivity index (χ2v) is 6.39. The molecule has 0 aliphatic carbocycles. The minimum absolute atomic E-state index is 0.170. The molecule has 0 spiro atoms. The second kappa shape index (κ2) is 7.34. The lowest BCUT2D eigenvalue weighted by atomic mass is 10.1. The fourth-order valence-electron chi connectivity index (χ4n) is 2.87. The molecule has 4 nitrogen and oxygen atoms in total. The van der Waals surface area contributed by atoms with Gasteiger partial charge in [-0.3, -0.25) is 0 Å². The molecule has 0 radical (unpaired) electrons. The van der Waals surface area contributed by atoms with E-state index in [2.05, 4.69) is 71.7 Å². The Hall–Kier alpha value is -2.88. The number of para-hydroxylation sites is 1. The van der Waals surface area contributed by atoms with Gasteiger partial charge in [-0.1, -0.05) is 48.5 Å². The maximum absolute atomic E-state index is 4.64. The number of nitrogens with zero attached hydrogens (tertiary/aromatic N) is 2. The summed E-state index contributed by atoms with van der Waals surface area (Å²) in [6.07, 6.45) is 0. The van der Waals surface area contributed by atoms with E-state index in [1.807, 2.05) is 31.2 Å². The van der Waals surface area contributed by atoms with Crippen LogP contribution in [0.1, 0.15) is 35.3 Å². The van der Waals surface area contributed by atoms with Crippen molar-refractivity contribution in [2.75, 3.05) is 10.6 Å². The standard InChI is InChI=1S/C21H24N4/c1-14-9-8-10-15(2)20(14)25-21-22-16(3)13-19(24-21)23-17(4)18-11-6-5-7-12-18/h5-13,17H,1-4H3,(H2,22,23,24,25). The minimum atomic E-state index is 0.170. The molecule has 0 aliphatic heterocycles. The third-order valence-electron chi connectivity index (χ3n) is 4.24. The lowest BCUT2D eigenvalue weighted by Crippen LogP contribution is -2.10. The van der Waals surface area contributed by atoms with E-state index in [-0.39, 0.29) is 6.04 Å². The summed E-state index contributed by atoms with van der Waals surface area (Å²) in [5.74, 6) is 1.43. The first-order valence-electron chi connectivity index (χ1n) is 8.53. The molecular weight excluding hydrogens is 308 g/mol. The van der Waals surface area contributed by atoms with Crippen molar-refractivity contribution < 1.29 is 0 Å². The summed E-state index contributed by atoms with van der Waals surface area (Å²) in [7, 11) is 0. The van der Waals surface area contributed by atoms with Crippen molar-refractivity contribution in [2.45, 2.75) is 33.7 Å². The molecule has 2 aromatic carbocycles. The number of hydrogen-bond donors (Lipinski definition) is 2. The van der Waals surface area contributed by atoms with E-state index in [0.717, 1.165) is 17.2 Å². The van der Waals surface area contributed by atoms with E-state index in [0.29, 0.717) is 5.95 Å². The Balaban J connectivity index is 1.83. The van der Waals surface area contributed by atoms with Crippen molar-refractivity contribution >= 4 is 17.5 Å². The molecule has 1 atom stereocenters. The summed E-state index contributed by atoms with van der Waals surface area (Å²) < 4.78 is 0. The second-order valence-electron chi connectivity index (χ2n) is 6.39. The Labute approximate surface area is 149 Å². The molecule has 1 heterocycles. The third kappa shape index (κ3) is 4.15. The van der Waals surface area contributed by atoms with E-state index >= 15 is 0 Å². The maximum atomic E-state index is 4.64. The van der Waals surface area contributed by atoms with Gasteiger partial charge in [0.1, 0.15) is 5.82 Å². The van der Waals surface area contributed by atoms with Crippen LogP contribution in [0.2, 0.25) is 0 Å². The zero-order valence-electron chi connectivity index (χ0n) is 15.2. The van der Waals surface area contributed by atoms with Gasteiger partial charge in [-0.25, -0.2) is 4.98 Å². The SMILES string of the molecule is Cc1cc(NC(C)c2ccccc2)nc(Nc2c(C)cccc2C)n1. The van der Waals surface area contributed by atoms with Crippen molar-refractivity contribution in [1.82, 2.24) is 9.97 Å². The van der Waals surface area contributed by atoms with Gasteiger partial charge < -0.3 is 10.6 Å². The van der Waals surface area contributed by atoms with Crippen molar-refractivity contribution in [3.05, 3.63) is 77.0 Å². The van der Waals surface area contributed by atoms with E-state index in [9.17, 15) is 0 Å². The number of rotatable bonds is 5. The van der Waals surface area contributed by atoms with Crippen molar-refractivity contribution in [3.63, 3.8) is 0 Å². The van der Waals surface area contributed by atoms with Crippen LogP contribution in [-0.2, 0) is 0 Å². The zero-order valence-corrected chi connectivity index (χ0v) is 15.2. The van der Waals surface area contributed by atoms with Crippen molar-refractivity contribution in [3.8, 4) is 0 Å². The van der Waals surface area contributed by atoms with Crippen LogP contribution in [0.5, 0.6) is 0 Å². The normalized spacial score (nSPS) is 11.8. The van der Waals surface area contributed by atoms with Gasteiger partial charge in [0, 0.05) is 23.5 Å². The summed E-state index contributed by atoms with van der Waals surface area (Å²) in [5, 5.41) is 6.84. The highest BCUT2D eigenvalue weighted by atomic mass is 15.1. The van der Waals surface area contributed by atoms with E-state index in [1.54, 1.807) is 0 Å². The van der Waals surface area contributed by atoms with Crippen molar-refractivity contribution in [2.24, 2.45) is 0 Å². The van der Waals surface area contributed by atoms with Crippen molar-refractivity contribution in [1.29, 1.82) is 0 Å². The lowest BCUT2D eigenvalue weighted by molar-refractivity contribution is 0.871. The Bertz CT molecular complexity index is 839. The summed E-state index contributed by atoms with van der Waals surface area (Å²) in [5.41, 5.74) is 5.57. The molecule has 0 amide bonds. The molecule has 0 saturated heterocycles. The van der Waals surface area contributed by atoms with Crippen LogP contribution in [0.15, 0.2) is 54.6 Å².